The van der Waals surface area contributed by atoms with Crippen LogP contribution in [0.5, 0.6) is 0 Å². The lowest BCUT2D eigenvalue weighted by Gasteiger charge is -1.98. The molecule has 0 radical (unpaired) electrons. The standard InChI is InChI=1S/C8H14N2O2/c1-3-6(2)10-7(9)4-5-8(11)12/h2-5H2,1H3,(H2,9,10)(H,11,12). The Bertz CT molecular complexity index is 209. The van der Waals surface area contributed by atoms with Crippen molar-refractivity contribution in [3.63, 3.8) is 0 Å². The van der Waals surface area contributed by atoms with E-state index >= 15 is 0 Å². The molecule has 0 aromatic heterocycles. The smallest absolute Gasteiger partial charge is 0.303 e. The Labute approximate surface area is 71.8 Å². The highest BCUT2D eigenvalue weighted by Crippen LogP contribution is 1.99. The Morgan fingerprint density at radius 2 is 2.17 bits per heavy atom. The van der Waals surface area contributed by atoms with Gasteiger partial charge in [-0.05, 0) is 6.42 Å². The Balaban J connectivity index is 3.85. The SMILES string of the molecule is C=C(CC)/N=C(\N)CCC(=O)O. The van der Waals surface area contributed by atoms with Crippen LogP contribution in [0, 0.1) is 0 Å². The number of aliphatic imine (C=N–C) groups is 1. The van der Waals surface area contributed by atoms with Gasteiger partial charge in [-0.1, -0.05) is 13.5 Å². The van der Waals surface area contributed by atoms with Crippen molar-refractivity contribution in [1.29, 1.82) is 0 Å². The van der Waals surface area contributed by atoms with Gasteiger partial charge in [0.05, 0.1) is 12.3 Å². The zero-order valence-electron chi connectivity index (χ0n) is 7.21. The zero-order valence-corrected chi connectivity index (χ0v) is 7.21. The number of allylic oxidation sites excluding steroid dienone is 1. The van der Waals surface area contributed by atoms with Gasteiger partial charge in [0.25, 0.3) is 0 Å². The molecule has 0 fully saturated rings. The maximum absolute atomic E-state index is 10.1. The Hall–Kier alpha value is -1.32. The number of rotatable bonds is 5. The molecule has 12 heavy (non-hydrogen) atoms. The summed E-state index contributed by atoms with van der Waals surface area (Å²) in [4.78, 5) is 14.0. The van der Waals surface area contributed by atoms with Crippen molar-refractivity contribution >= 4 is 11.8 Å². The van der Waals surface area contributed by atoms with E-state index in [-0.39, 0.29) is 12.8 Å². The van der Waals surface area contributed by atoms with Gasteiger partial charge in [0.15, 0.2) is 0 Å². The first-order valence-corrected chi connectivity index (χ1v) is 3.78. The maximum Gasteiger partial charge on any atom is 0.303 e. The Morgan fingerprint density at radius 3 is 2.58 bits per heavy atom. The molecule has 0 aliphatic carbocycles. The van der Waals surface area contributed by atoms with E-state index in [1.54, 1.807) is 0 Å². The van der Waals surface area contributed by atoms with Crippen molar-refractivity contribution in [1.82, 2.24) is 0 Å². The number of amidine groups is 1. The summed E-state index contributed by atoms with van der Waals surface area (Å²) in [6.07, 6.45) is 1.04. The maximum atomic E-state index is 10.1. The van der Waals surface area contributed by atoms with Crippen LogP contribution in [0.2, 0.25) is 0 Å². The molecule has 0 aromatic rings. The molecule has 0 saturated carbocycles. The molecular weight excluding hydrogens is 156 g/mol. The van der Waals surface area contributed by atoms with Crippen molar-refractivity contribution in [2.45, 2.75) is 26.2 Å². The molecular formula is C8H14N2O2. The number of carboxylic acid groups (broad SMARTS) is 1. The van der Waals surface area contributed by atoms with Gasteiger partial charge in [-0.25, -0.2) is 4.99 Å². The molecule has 0 unspecified atom stereocenters. The van der Waals surface area contributed by atoms with E-state index in [1.165, 1.54) is 0 Å². The number of carboxylic acids is 1. The molecule has 0 amide bonds. The number of nitrogens with two attached hydrogens (primary N) is 1. The quantitative estimate of drug-likeness (QED) is 0.479. The van der Waals surface area contributed by atoms with Crippen molar-refractivity contribution in [3.05, 3.63) is 12.3 Å². The molecule has 4 heteroatoms. The summed E-state index contributed by atoms with van der Waals surface area (Å²) in [6, 6.07) is 0. The minimum absolute atomic E-state index is 0.0202. The summed E-state index contributed by atoms with van der Waals surface area (Å²) in [6.45, 7) is 5.54. The minimum Gasteiger partial charge on any atom is -0.481 e. The van der Waals surface area contributed by atoms with Crippen LogP contribution in [0.1, 0.15) is 26.2 Å². The molecule has 0 aliphatic heterocycles. The van der Waals surface area contributed by atoms with Gasteiger partial charge in [0.1, 0.15) is 0 Å². The van der Waals surface area contributed by atoms with Gasteiger partial charge in [-0.3, -0.25) is 4.79 Å². The molecule has 3 N–H and O–H groups in total. The average molecular weight is 170 g/mol. The van der Waals surface area contributed by atoms with Crippen LogP contribution < -0.4 is 5.73 Å². The predicted octanol–water partition coefficient (Wildman–Crippen LogP) is 1.13. The van der Waals surface area contributed by atoms with Gasteiger partial charge in [-0.15, -0.1) is 0 Å². The Kier molecular flexibility index (Phi) is 4.76. The summed E-state index contributed by atoms with van der Waals surface area (Å²) in [5.41, 5.74) is 6.10. The third-order valence-corrected chi connectivity index (χ3v) is 1.30. The molecule has 4 nitrogen and oxygen atoms in total. The summed E-state index contributed by atoms with van der Waals surface area (Å²) in [5, 5.41) is 8.32. The summed E-state index contributed by atoms with van der Waals surface area (Å²) >= 11 is 0. The lowest BCUT2D eigenvalue weighted by Crippen LogP contribution is -2.13. The third kappa shape index (κ3) is 5.46. The molecule has 0 saturated heterocycles. The topological polar surface area (TPSA) is 75.7 Å². The van der Waals surface area contributed by atoms with Gasteiger partial charge in [0.2, 0.25) is 0 Å². The molecule has 0 spiro atoms. The highest BCUT2D eigenvalue weighted by atomic mass is 16.4. The largest absolute Gasteiger partial charge is 0.481 e. The lowest BCUT2D eigenvalue weighted by molar-refractivity contribution is -0.136. The van der Waals surface area contributed by atoms with Crippen molar-refractivity contribution in [3.8, 4) is 0 Å². The van der Waals surface area contributed by atoms with Crippen molar-refractivity contribution < 1.29 is 9.90 Å². The second-order valence-electron chi connectivity index (χ2n) is 2.42. The predicted molar refractivity (Wildman–Crippen MR) is 47.9 cm³/mol. The van der Waals surface area contributed by atoms with Crippen LogP contribution in [0.3, 0.4) is 0 Å². The lowest BCUT2D eigenvalue weighted by atomic mass is 10.3. The first-order valence-electron chi connectivity index (χ1n) is 3.78. The molecule has 0 aliphatic rings. The fourth-order valence-electron chi connectivity index (χ4n) is 0.573. The van der Waals surface area contributed by atoms with Crippen LogP contribution >= 0.6 is 0 Å². The summed E-state index contributed by atoms with van der Waals surface area (Å²) in [7, 11) is 0. The van der Waals surface area contributed by atoms with E-state index < -0.39 is 5.97 Å². The van der Waals surface area contributed by atoms with Crippen LogP contribution in [0.25, 0.3) is 0 Å². The Morgan fingerprint density at radius 1 is 1.58 bits per heavy atom. The van der Waals surface area contributed by atoms with Gasteiger partial charge in [0, 0.05) is 12.1 Å². The average Bonchev–Trinajstić information content (AvgIpc) is 2.00. The normalized spacial score (nSPS) is 11.2. The molecule has 0 heterocycles. The van der Waals surface area contributed by atoms with Crippen molar-refractivity contribution in [2.24, 2.45) is 10.7 Å². The molecule has 0 rings (SSSR count). The second-order valence-corrected chi connectivity index (χ2v) is 2.42. The molecule has 0 bridgehead atoms. The van der Waals surface area contributed by atoms with E-state index in [0.29, 0.717) is 11.5 Å². The number of hydrogen-bond donors (Lipinski definition) is 2. The first-order chi connectivity index (χ1) is 5.56. The number of carbonyl (C=O) groups is 1. The third-order valence-electron chi connectivity index (χ3n) is 1.30. The van der Waals surface area contributed by atoms with Crippen LogP contribution in [-0.2, 0) is 4.79 Å². The fourth-order valence-corrected chi connectivity index (χ4v) is 0.573. The van der Waals surface area contributed by atoms with E-state index in [4.69, 9.17) is 10.8 Å². The van der Waals surface area contributed by atoms with Gasteiger partial charge >= 0.3 is 5.97 Å². The second kappa shape index (κ2) is 5.35. The first kappa shape index (κ1) is 10.7. The molecule has 68 valence electrons. The number of nitrogens with zero attached hydrogens (tertiary/aromatic N) is 1. The summed E-state index contributed by atoms with van der Waals surface area (Å²) < 4.78 is 0. The molecule has 0 aromatic carbocycles. The highest BCUT2D eigenvalue weighted by Gasteiger charge is 1.99. The van der Waals surface area contributed by atoms with E-state index in [1.807, 2.05) is 6.92 Å². The van der Waals surface area contributed by atoms with Gasteiger partial charge in [-0.2, -0.15) is 0 Å². The minimum atomic E-state index is -0.865. The van der Waals surface area contributed by atoms with Crippen LogP contribution in [0.15, 0.2) is 17.3 Å². The number of hydrogen-bond acceptors (Lipinski definition) is 2. The van der Waals surface area contributed by atoms with Crippen LogP contribution in [0.4, 0.5) is 0 Å². The molecule has 0 atom stereocenters. The highest BCUT2D eigenvalue weighted by molar-refractivity contribution is 5.84. The summed E-state index contributed by atoms with van der Waals surface area (Å²) in [5.74, 6) is -0.528. The zero-order chi connectivity index (χ0) is 9.56. The van der Waals surface area contributed by atoms with E-state index in [2.05, 4.69) is 11.6 Å². The van der Waals surface area contributed by atoms with E-state index in [0.717, 1.165) is 6.42 Å². The van der Waals surface area contributed by atoms with E-state index in [9.17, 15) is 4.79 Å². The fraction of sp³-hybridized carbons (Fsp3) is 0.500. The number of aliphatic carboxylic acids is 1. The monoisotopic (exact) mass is 170 g/mol. The van der Waals surface area contributed by atoms with Crippen LogP contribution in [-0.4, -0.2) is 16.9 Å². The van der Waals surface area contributed by atoms with Gasteiger partial charge < -0.3 is 10.8 Å². The van der Waals surface area contributed by atoms with Crippen molar-refractivity contribution in [2.75, 3.05) is 0 Å².